The third kappa shape index (κ3) is 7.21. The first-order chi connectivity index (χ1) is 26.7. The first-order valence-electron chi connectivity index (χ1n) is 19.8. The van der Waals surface area contributed by atoms with Crippen LogP contribution in [0.5, 0.6) is 0 Å². The lowest BCUT2D eigenvalue weighted by Gasteiger charge is -2.69. The van der Waals surface area contributed by atoms with Crippen LogP contribution in [0.15, 0.2) is 48.8 Å². The molecular formula is C41H51N9O4S2. The van der Waals surface area contributed by atoms with Crippen LogP contribution in [0.2, 0.25) is 0 Å². The van der Waals surface area contributed by atoms with Gasteiger partial charge in [0.2, 0.25) is 0 Å². The van der Waals surface area contributed by atoms with Crippen molar-refractivity contribution in [2.45, 2.75) is 91.2 Å². The monoisotopic (exact) mass is 797 g/mol. The number of rotatable bonds is 13. The standard InChI is InChI=1S/C41H51N9O4S2/c1-27-30-8-7-15-49(36(30)48-47-35(27)46-37-45-32-9-5-6-10-33(32)55-37)34-12-11-29(18-43-34)31-19-44-50(28(31)2)26-40-21-38(3)20-39(4,22-40)24-41(23-38,25-40)54-16-13-42-14-17-56(51,52)53/h5-6,9-12,18-19,42H,7-8,13-17,20-26H2,1-4H3,(H,45,46,47)(H,51,52,53). The Balaban J connectivity index is 0.895. The van der Waals surface area contributed by atoms with E-state index in [0.717, 1.165) is 113 Å². The highest BCUT2D eigenvalue weighted by Crippen LogP contribution is 2.72. The zero-order valence-electron chi connectivity index (χ0n) is 32.6. The number of para-hydroxylation sites is 1. The van der Waals surface area contributed by atoms with Crippen molar-refractivity contribution < 1.29 is 17.7 Å². The van der Waals surface area contributed by atoms with Gasteiger partial charge in [0.15, 0.2) is 16.8 Å². The zero-order valence-corrected chi connectivity index (χ0v) is 34.3. The lowest BCUT2D eigenvalue weighted by molar-refractivity contribution is -0.247. The van der Waals surface area contributed by atoms with E-state index >= 15 is 0 Å². The van der Waals surface area contributed by atoms with Crippen molar-refractivity contribution >= 4 is 54.3 Å². The summed E-state index contributed by atoms with van der Waals surface area (Å²) in [6.45, 7) is 12.1. The van der Waals surface area contributed by atoms with Gasteiger partial charge in [0.05, 0.1) is 34.4 Å². The Labute approximate surface area is 332 Å². The summed E-state index contributed by atoms with van der Waals surface area (Å²) in [4.78, 5) is 11.9. The number of hydrogen-bond acceptors (Lipinski definition) is 12. The molecule has 0 saturated heterocycles. The molecule has 10 rings (SSSR count). The van der Waals surface area contributed by atoms with E-state index in [1.165, 1.54) is 12.0 Å². The van der Waals surface area contributed by atoms with Crippen molar-refractivity contribution in [1.82, 2.24) is 35.3 Å². The highest BCUT2D eigenvalue weighted by Gasteiger charge is 2.66. The molecule has 0 spiro atoms. The summed E-state index contributed by atoms with van der Waals surface area (Å²) in [7, 11) is -3.98. The molecule has 5 aromatic rings. The number of fused-ring (bicyclic) bond motifs is 2. The summed E-state index contributed by atoms with van der Waals surface area (Å²) in [6.07, 6.45) is 12.5. The Morgan fingerprint density at radius 3 is 2.52 bits per heavy atom. The Morgan fingerprint density at radius 2 is 1.77 bits per heavy atom. The van der Waals surface area contributed by atoms with E-state index in [9.17, 15) is 8.42 Å². The third-order valence-corrected chi connectivity index (χ3v) is 14.4. The summed E-state index contributed by atoms with van der Waals surface area (Å²) in [6, 6.07) is 12.4. The number of thiazole rings is 1. The molecule has 2 atom stereocenters. The fourth-order valence-electron chi connectivity index (χ4n) is 11.7. The second-order valence-corrected chi connectivity index (χ2v) is 20.4. The van der Waals surface area contributed by atoms with Gasteiger partial charge >= 0.3 is 0 Å². The van der Waals surface area contributed by atoms with Crippen LogP contribution >= 0.6 is 11.3 Å². The SMILES string of the molecule is Cc1c(Nc2nc3ccccc3s2)nnc2c1CCCN2c1ccc(-c2cnn(CC34CC5(C)CC(C)(C3)CC(OCCNCCS(=O)(=O)O)(C5)C4)c2C)cn1. The van der Waals surface area contributed by atoms with Crippen LogP contribution in [0.4, 0.5) is 22.6 Å². The molecule has 5 heterocycles. The van der Waals surface area contributed by atoms with E-state index in [2.05, 4.69) is 71.2 Å². The number of anilines is 4. The molecule has 4 saturated carbocycles. The van der Waals surface area contributed by atoms with Gasteiger partial charge in [-0.15, -0.1) is 10.2 Å². The molecule has 5 aliphatic rings. The molecule has 1 aromatic carbocycles. The van der Waals surface area contributed by atoms with Gasteiger partial charge in [-0.1, -0.05) is 37.3 Å². The van der Waals surface area contributed by atoms with Crippen LogP contribution < -0.4 is 15.5 Å². The summed E-state index contributed by atoms with van der Waals surface area (Å²) in [5, 5.41) is 21.7. The van der Waals surface area contributed by atoms with E-state index in [0.29, 0.717) is 13.2 Å². The predicted octanol–water partition coefficient (Wildman–Crippen LogP) is 7.40. The molecule has 296 valence electrons. The van der Waals surface area contributed by atoms with Gasteiger partial charge in [0, 0.05) is 60.3 Å². The van der Waals surface area contributed by atoms with E-state index < -0.39 is 10.1 Å². The molecule has 4 aliphatic carbocycles. The number of benzene rings is 1. The number of hydrogen-bond donors (Lipinski definition) is 3. The topological polar surface area (TPSA) is 160 Å². The van der Waals surface area contributed by atoms with Crippen LogP contribution in [-0.4, -0.2) is 80.5 Å². The van der Waals surface area contributed by atoms with Gasteiger partial charge in [-0.05, 0) is 106 Å². The fourth-order valence-corrected chi connectivity index (χ4v) is 12.9. The average molecular weight is 798 g/mol. The van der Waals surface area contributed by atoms with Gasteiger partial charge in [-0.2, -0.15) is 13.5 Å². The lowest BCUT2D eigenvalue weighted by atomic mass is 9.39. The highest BCUT2D eigenvalue weighted by molar-refractivity contribution is 7.85. The first kappa shape index (κ1) is 37.6. The third-order valence-electron chi connectivity index (χ3n) is 12.7. The first-order valence-corrected chi connectivity index (χ1v) is 22.2. The van der Waals surface area contributed by atoms with E-state index in [4.69, 9.17) is 29.5 Å². The fraction of sp³-hybridized carbons (Fsp3) is 0.537. The van der Waals surface area contributed by atoms with Crippen molar-refractivity contribution in [3.05, 3.63) is 65.6 Å². The van der Waals surface area contributed by atoms with Gasteiger partial charge in [0.1, 0.15) is 5.82 Å². The van der Waals surface area contributed by atoms with Crippen LogP contribution in [0.3, 0.4) is 0 Å². The largest absolute Gasteiger partial charge is 0.374 e. The van der Waals surface area contributed by atoms with Gasteiger partial charge < -0.3 is 20.3 Å². The molecule has 4 fully saturated rings. The van der Waals surface area contributed by atoms with Gasteiger partial charge in [-0.25, -0.2) is 9.97 Å². The normalized spacial score (nSPS) is 26.9. The zero-order chi connectivity index (χ0) is 38.9. The second-order valence-electron chi connectivity index (χ2n) is 17.8. The molecule has 0 radical (unpaired) electrons. The minimum Gasteiger partial charge on any atom is -0.374 e. The molecule has 3 N–H and O–H groups in total. The number of nitrogens with zero attached hydrogens (tertiary/aromatic N) is 7. The number of aromatic nitrogens is 6. The summed E-state index contributed by atoms with van der Waals surface area (Å²) < 4.78 is 41.4. The summed E-state index contributed by atoms with van der Waals surface area (Å²) in [5.41, 5.74) is 6.81. The second kappa shape index (κ2) is 13.8. The van der Waals surface area contributed by atoms with Gasteiger partial charge in [0.25, 0.3) is 10.1 Å². The molecule has 2 unspecified atom stereocenters. The predicted molar refractivity (Wildman–Crippen MR) is 220 cm³/mol. The maximum absolute atomic E-state index is 11.1. The summed E-state index contributed by atoms with van der Waals surface area (Å²) >= 11 is 1.61. The highest BCUT2D eigenvalue weighted by atomic mass is 32.2. The minimum atomic E-state index is -3.98. The van der Waals surface area contributed by atoms with Gasteiger partial charge in [-0.3, -0.25) is 9.23 Å². The summed E-state index contributed by atoms with van der Waals surface area (Å²) in [5.74, 6) is 2.16. The quantitative estimate of drug-likeness (QED) is 0.0802. The molecule has 4 bridgehead atoms. The molecule has 13 nitrogen and oxygen atoms in total. The van der Waals surface area contributed by atoms with Crippen LogP contribution in [0, 0.1) is 30.1 Å². The van der Waals surface area contributed by atoms with E-state index in [-0.39, 0.29) is 34.1 Å². The number of nitrogens with one attached hydrogen (secondary N) is 2. The number of ether oxygens (including phenoxy) is 1. The van der Waals surface area contributed by atoms with E-state index in [1.807, 2.05) is 30.6 Å². The average Bonchev–Trinajstić information content (AvgIpc) is 3.70. The molecular weight excluding hydrogens is 747 g/mol. The maximum atomic E-state index is 11.1. The minimum absolute atomic E-state index is 0.0808. The Hall–Kier alpha value is -4.02. The van der Waals surface area contributed by atoms with Crippen molar-refractivity contribution in [1.29, 1.82) is 0 Å². The van der Waals surface area contributed by atoms with Crippen LogP contribution in [0.1, 0.15) is 75.6 Å². The van der Waals surface area contributed by atoms with E-state index in [1.54, 1.807) is 11.3 Å². The van der Waals surface area contributed by atoms with Crippen molar-refractivity contribution in [2.24, 2.45) is 16.2 Å². The molecule has 15 heteroatoms. The maximum Gasteiger partial charge on any atom is 0.266 e. The molecule has 56 heavy (non-hydrogen) atoms. The Bertz CT molecular complexity index is 2340. The Kier molecular flexibility index (Phi) is 9.27. The van der Waals surface area contributed by atoms with Crippen LogP contribution in [-0.2, 0) is 27.8 Å². The van der Waals surface area contributed by atoms with Crippen molar-refractivity contribution in [3.63, 3.8) is 0 Å². The van der Waals surface area contributed by atoms with Crippen molar-refractivity contribution in [2.75, 3.05) is 42.2 Å². The number of pyridine rings is 1. The van der Waals surface area contributed by atoms with Crippen LogP contribution in [0.25, 0.3) is 21.3 Å². The van der Waals surface area contributed by atoms with Crippen molar-refractivity contribution in [3.8, 4) is 11.1 Å². The molecule has 1 aliphatic heterocycles. The molecule has 4 aromatic heterocycles. The Morgan fingerprint density at radius 1 is 0.964 bits per heavy atom. The smallest absolute Gasteiger partial charge is 0.266 e. The lowest BCUT2D eigenvalue weighted by Crippen LogP contribution is -2.64. The molecule has 0 amide bonds.